The molecule has 1 rings (SSSR count). The summed E-state index contributed by atoms with van der Waals surface area (Å²) in [5.41, 5.74) is 0.924. The van der Waals surface area contributed by atoms with E-state index in [2.05, 4.69) is 0 Å². The molecule has 1 aromatic rings. The van der Waals surface area contributed by atoms with Gasteiger partial charge in [0.15, 0.2) is 0 Å². The Morgan fingerprint density at radius 2 is 2.18 bits per heavy atom. The molecule has 0 bridgehead atoms. The molecule has 0 unspecified atom stereocenters. The summed E-state index contributed by atoms with van der Waals surface area (Å²) in [6.45, 7) is 2.92. The van der Waals surface area contributed by atoms with E-state index < -0.39 is 0 Å². The zero-order chi connectivity index (χ0) is 8.27. The Morgan fingerprint density at radius 3 is 2.73 bits per heavy atom. The highest BCUT2D eigenvalue weighted by Gasteiger charge is 1.97. The molecule has 0 atom stereocenters. The maximum atomic E-state index is 12.6. The van der Waals surface area contributed by atoms with Gasteiger partial charge in [-0.2, -0.15) is 0 Å². The molecule has 0 heterocycles. The lowest BCUT2D eigenvalue weighted by molar-refractivity contribution is 0.627. The van der Waals surface area contributed by atoms with Gasteiger partial charge in [-0.1, -0.05) is 6.07 Å². The third-order valence-electron chi connectivity index (χ3n) is 1.72. The first-order valence-electron chi connectivity index (χ1n) is 3.70. The monoisotopic (exact) mass is 153 g/mol. The molecule has 0 aromatic heterocycles. The van der Waals surface area contributed by atoms with Crippen LogP contribution in [0.15, 0.2) is 24.3 Å². The lowest BCUT2D eigenvalue weighted by atomic mass is 10.3. The fourth-order valence-electron chi connectivity index (χ4n) is 0.896. The van der Waals surface area contributed by atoms with Gasteiger partial charge in [0.25, 0.3) is 0 Å². The Balaban J connectivity index is 2.86. The summed E-state index contributed by atoms with van der Waals surface area (Å²) >= 11 is 0. The molecule has 0 aliphatic heterocycles. The van der Waals surface area contributed by atoms with Crippen molar-refractivity contribution in [3.05, 3.63) is 30.1 Å². The Morgan fingerprint density at radius 1 is 1.45 bits per heavy atom. The van der Waals surface area contributed by atoms with Gasteiger partial charge in [-0.05, 0) is 25.1 Å². The van der Waals surface area contributed by atoms with Gasteiger partial charge in [0.2, 0.25) is 0 Å². The largest absolute Gasteiger partial charge is 0.375 e. The fraction of sp³-hybridized carbons (Fsp3) is 0.333. The van der Waals surface area contributed by atoms with Crippen molar-refractivity contribution in [2.24, 2.45) is 0 Å². The van der Waals surface area contributed by atoms with Gasteiger partial charge in [0, 0.05) is 19.3 Å². The quantitative estimate of drug-likeness (QED) is 0.630. The SMILES string of the molecule is CCN(C)c1cccc(F)c1. The third kappa shape index (κ3) is 1.93. The summed E-state index contributed by atoms with van der Waals surface area (Å²) in [4.78, 5) is 1.99. The molecule has 11 heavy (non-hydrogen) atoms. The van der Waals surface area contributed by atoms with Crippen LogP contribution in [0.1, 0.15) is 6.92 Å². The first kappa shape index (κ1) is 8.05. The average Bonchev–Trinajstić information content (AvgIpc) is 2.03. The van der Waals surface area contributed by atoms with E-state index in [9.17, 15) is 4.39 Å². The second-order valence-corrected chi connectivity index (χ2v) is 2.49. The van der Waals surface area contributed by atoms with Crippen molar-refractivity contribution in [3.63, 3.8) is 0 Å². The van der Waals surface area contributed by atoms with Gasteiger partial charge < -0.3 is 4.90 Å². The molecule has 0 amide bonds. The summed E-state index contributed by atoms with van der Waals surface area (Å²) in [6.07, 6.45) is 0. The Kier molecular flexibility index (Phi) is 2.47. The Hall–Kier alpha value is -1.05. The van der Waals surface area contributed by atoms with Crippen molar-refractivity contribution < 1.29 is 4.39 Å². The van der Waals surface area contributed by atoms with E-state index in [4.69, 9.17) is 0 Å². The smallest absolute Gasteiger partial charge is 0.125 e. The molecular formula is C9H12FN. The van der Waals surface area contributed by atoms with Gasteiger partial charge in [0.1, 0.15) is 5.82 Å². The highest BCUT2D eigenvalue weighted by atomic mass is 19.1. The van der Waals surface area contributed by atoms with Crippen LogP contribution in [-0.4, -0.2) is 13.6 Å². The number of nitrogens with zero attached hydrogens (tertiary/aromatic N) is 1. The third-order valence-corrected chi connectivity index (χ3v) is 1.72. The van der Waals surface area contributed by atoms with E-state index in [1.165, 1.54) is 12.1 Å². The summed E-state index contributed by atoms with van der Waals surface area (Å²) in [5, 5.41) is 0. The van der Waals surface area contributed by atoms with Crippen LogP contribution in [-0.2, 0) is 0 Å². The van der Waals surface area contributed by atoms with Crippen LogP contribution in [0.3, 0.4) is 0 Å². The second-order valence-electron chi connectivity index (χ2n) is 2.49. The molecule has 0 aliphatic rings. The first-order chi connectivity index (χ1) is 5.24. The van der Waals surface area contributed by atoms with Crippen LogP contribution >= 0.6 is 0 Å². The number of hydrogen-bond donors (Lipinski definition) is 0. The maximum Gasteiger partial charge on any atom is 0.125 e. The normalized spacial score (nSPS) is 9.73. The fourth-order valence-corrected chi connectivity index (χ4v) is 0.896. The standard InChI is InChI=1S/C9H12FN/c1-3-11(2)9-6-4-5-8(10)7-9/h4-7H,3H2,1-2H3. The zero-order valence-electron chi connectivity index (χ0n) is 6.84. The molecule has 1 nitrogen and oxygen atoms in total. The molecular weight excluding hydrogens is 141 g/mol. The summed E-state index contributed by atoms with van der Waals surface area (Å²) in [5.74, 6) is -0.178. The molecule has 0 saturated heterocycles. The molecule has 0 radical (unpaired) electrons. The van der Waals surface area contributed by atoms with E-state index in [1.807, 2.05) is 24.9 Å². The second kappa shape index (κ2) is 3.37. The highest BCUT2D eigenvalue weighted by molar-refractivity contribution is 5.45. The maximum absolute atomic E-state index is 12.6. The number of benzene rings is 1. The van der Waals surface area contributed by atoms with Crippen molar-refractivity contribution in [1.82, 2.24) is 0 Å². The van der Waals surface area contributed by atoms with Crippen molar-refractivity contribution in [3.8, 4) is 0 Å². The minimum Gasteiger partial charge on any atom is -0.375 e. The van der Waals surface area contributed by atoms with Gasteiger partial charge in [0.05, 0.1) is 0 Å². The molecule has 0 aliphatic carbocycles. The molecule has 0 N–H and O–H groups in total. The van der Waals surface area contributed by atoms with E-state index in [1.54, 1.807) is 6.07 Å². The number of halogens is 1. The van der Waals surface area contributed by atoms with Crippen LogP contribution in [0, 0.1) is 5.82 Å². The van der Waals surface area contributed by atoms with E-state index >= 15 is 0 Å². The van der Waals surface area contributed by atoms with E-state index in [0.717, 1.165) is 12.2 Å². The number of hydrogen-bond acceptors (Lipinski definition) is 1. The highest BCUT2D eigenvalue weighted by Crippen LogP contribution is 2.12. The van der Waals surface area contributed by atoms with Gasteiger partial charge >= 0.3 is 0 Å². The number of rotatable bonds is 2. The molecule has 0 spiro atoms. The van der Waals surface area contributed by atoms with E-state index in [-0.39, 0.29) is 5.82 Å². The van der Waals surface area contributed by atoms with Gasteiger partial charge in [-0.15, -0.1) is 0 Å². The topological polar surface area (TPSA) is 3.24 Å². The molecule has 60 valence electrons. The summed E-state index contributed by atoms with van der Waals surface area (Å²) in [6, 6.07) is 6.60. The molecule has 0 saturated carbocycles. The van der Waals surface area contributed by atoms with Gasteiger partial charge in [-0.25, -0.2) is 4.39 Å². The van der Waals surface area contributed by atoms with Crippen LogP contribution in [0.5, 0.6) is 0 Å². The Labute approximate surface area is 66.5 Å². The predicted molar refractivity (Wildman–Crippen MR) is 45.3 cm³/mol. The van der Waals surface area contributed by atoms with Crippen LogP contribution in [0.25, 0.3) is 0 Å². The first-order valence-corrected chi connectivity index (χ1v) is 3.70. The molecule has 0 fully saturated rings. The zero-order valence-corrected chi connectivity index (χ0v) is 6.84. The lowest BCUT2D eigenvalue weighted by Gasteiger charge is -2.15. The van der Waals surface area contributed by atoms with Crippen molar-refractivity contribution in [1.29, 1.82) is 0 Å². The van der Waals surface area contributed by atoms with Crippen LogP contribution in [0.4, 0.5) is 10.1 Å². The minimum atomic E-state index is -0.178. The van der Waals surface area contributed by atoms with E-state index in [0.29, 0.717) is 0 Å². The lowest BCUT2D eigenvalue weighted by Crippen LogP contribution is -2.15. The summed E-state index contributed by atoms with van der Waals surface area (Å²) < 4.78 is 12.6. The summed E-state index contributed by atoms with van der Waals surface area (Å²) in [7, 11) is 1.94. The number of anilines is 1. The predicted octanol–water partition coefficient (Wildman–Crippen LogP) is 2.28. The van der Waals surface area contributed by atoms with Crippen molar-refractivity contribution >= 4 is 5.69 Å². The van der Waals surface area contributed by atoms with Crippen molar-refractivity contribution in [2.75, 3.05) is 18.5 Å². The van der Waals surface area contributed by atoms with Crippen molar-refractivity contribution in [2.45, 2.75) is 6.92 Å². The minimum absolute atomic E-state index is 0.178. The Bertz CT molecular complexity index is 235. The van der Waals surface area contributed by atoms with Crippen LogP contribution in [0.2, 0.25) is 0 Å². The molecule has 2 heteroatoms. The average molecular weight is 153 g/mol. The molecule has 1 aromatic carbocycles. The van der Waals surface area contributed by atoms with Gasteiger partial charge in [-0.3, -0.25) is 0 Å². The van der Waals surface area contributed by atoms with Crippen LogP contribution < -0.4 is 4.90 Å².